The van der Waals surface area contributed by atoms with Crippen molar-refractivity contribution in [2.24, 2.45) is 0 Å². The molecule has 3 aromatic heterocycles. The molecule has 1 aromatic carbocycles. The number of nitrogens with one attached hydrogen (secondary N) is 1. The van der Waals surface area contributed by atoms with E-state index >= 15 is 0 Å². The van der Waals surface area contributed by atoms with Gasteiger partial charge in [-0.15, -0.1) is 21.5 Å². The van der Waals surface area contributed by atoms with Gasteiger partial charge in [-0.2, -0.15) is 5.10 Å². The quantitative estimate of drug-likeness (QED) is 0.416. The van der Waals surface area contributed by atoms with Crippen molar-refractivity contribution in [1.29, 1.82) is 0 Å². The standard InChI is InChI=1S/C24H24ClN7O3S/c1-13-10-20-28-29-21(14(2)32(20)30-13)24(34)31-8-6-15(7-9-31)23-27-18(12-36-23)22(33)26-17-11-16(25)4-5-19(17)35-3/h4-5,10-12,15H,6-9H2,1-3H3,(H,26,33). The predicted molar refractivity (Wildman–Crippen MR) is 136 cm³/mol. The van der Waals surface area contributed by atoms with Crippen molar-refractivity contribution >= 4 is 46.1 Å². The van der Waals surface area contributed by atoms with Crippen LogP contribution in [-0.4, -0.2) is 61.7 Å². The number of piperidine rings is 1. The van der Waals surface area contributed by atoms with Crippen LogP contribution in [0.25, 0.3) is 5.65 Å². The number of halogens is 1. The highest BCUT2D eigenvalue weighted by Crippen LogP contribution is 2.32. The highest BCUT2D eigenvalue weighted by molar-refractivity contribution is 7.10. The number of thiazole rings is 1. The van der Waals surface area contributed by atoms with Crippen molar-refractivity contribution in [3.63, 3.8) is 0 Å². The fraction of sp³-hybridized carbons (Fsp3) is 0.333. The van der Waals surface area contributed by atoms with Crippen LogP contribution in [0, 0.1) is 13.8 Å². The van der Waals surface area contributed by atoms with Crippen LogP contribution in [0.3, 0.4) is 0 Å². The van der Waals surface area contributed by atoms with Crippen molar-refractivity contribution in [2.45, 2.75) is 32.6 Å². The molecule has 0 spiro atoms. The van der Waals surface area contributed by atoms with Crippen molar-refractivity contribution < 1.29 is 14.3 Å². The summed E-state index contributed by atoms with van der Waals surface area (Å²) in [6, 6.07) is 6.85. The number of benzene rings is 1. The molecular weight excluding hydrogens is 502 g/mol. The first-order chi connectivity index (χ1) is 17.3. The highest BCUT2D eigenvalue weighted by Gasteiger charge is 2.29. The molecule has 0 atom stereocenters. The van der Waals surface area contributed by atoms with Crippen molar-refractivity contribution in [2.75, 3.05) is 25.5 Å². The zero-order valence-electron chi connectivity index (χ0n) is 20.0. The van der Waals surface area contributed by atoms with E-state index in [4.69, 9.17) is 16.3 Å². The van der Waals surface area contributed by atoms with Crippen LogP contribution in [-0.2, 0) is 0 Å². The van der Waals surface area contributed by atoms with E-state index in [2.05, 4.69) is 25.6 Å². The van der Waals surface area contributed by atoms with Gasteiger partial charge in [0.25, 0.3) is 11.8 Å². The van der Waals surface area contributed by atoms with E-state index in [1.165, 1.54) is 18.4 Å². The molecule has 1 saturated heterocycles. The molecule has 0 bridgehead atoms. The maximum atomic E-state index is 13.2. The molecular formula is C24H24ClN7O3S. The van der Waals surface area contributed by atoms with Crippen molar-refractivity contribution in [1.82, 2.24) is 29.7 Å². The molecule has 36 heavy (non-hydrogen) atoms. The zero-order chi connectivity index (χ0) is 25.4. The van der Waals surface area contributed by atoms with Crippen LogP contribution < -0.4 is 10.1 Å². The third kappa shape index (κ3) is 4.63. The maximum Gasteiger partial charge on any atom is 0.276 e. The molecule has 1 fully saturated rings. The van der Waals surface area contributed by atoms with Gasteiger partial charge in [-0.25, -0.2) is 9.50 Å². The average Bonchev–Trinajstić information content (AvgIpc) is 3.51. The first kappa shape index (κ1) is 24.1. The lowest BCUT2D eigenvalue weighted by atomic mass is 9.97. The van der Waals surface area contributed by atoms with Gasteiger partial charge < -0.3 is 15.0 Å². The van der Waals surface area contributed by atoms with Gasteiger partial charge in [0.2, 0.25) is 0 Å². The summed E-state index contributed by atoms with van der Waals surface area (Å²) >= 11 is 7.51. The number of amides is 2. The van der Waals surface area contributed by atoms with Gasteiger partial charge in [-0.3, -0.25) is 9.59 Å². The van der Waals surface area contributed by atoms with Gasteiger partial charge >= 0.3 is 0 Å². The Morgan fingerprint density at radius 3 is 2.69 bits per heavy atom. The molecule has 1 aliphatic heterocycles. The summed E-state index contributed by atoms with van der Waals surface area (Å²) < 4.78 is 6.95. The number of methoxy groups -OCH3 is 1. The molecule has 0 saturated carbocycles. The lowest BCUT2D eigenvalue weighted by molar-refractivity contribution is 0.0704. The van der Waals surface area contributed by atoms with Crippen LogP contribution in [0.1, 0.15) is 56.1 Å². The Balaban J connectivity index is 1.23. The number of nitrogens with zero attached hydrogens (tertiary/aromatic N) is 6. The third-order valence-electron chi connectivity index (χ3n) is 6.22. The van der Waals surface area contributed by atoms with Crippen LogP contribution in [0.2, 0.25) is 5.02 Å². The van der Waals surface area contributed by atoms with Gasteiger partial charge in [0.05, 0.1) is 29.2 Å². The molecule has 0 aliphatic carbocycles. The fourth-order valence-corrected chi connectivity index (χ4v) is 5.44. The Morgan fingerprint density at radius 2 is 1.94 bits per heavy atom. The van der Waals surface area contributed by atoms with Crippen LogP contribution in [0.15, 0.2) is 29.6 Å². The number of anilines is 1. The van der Waals surface area contributed by atoms with Gasteiger partial charge in [-0.05, 0) is 44.9 Å². The number of fused-ring (bicyclic) bond motifs is 1. The number of aromatic nitrogens is 5. The summed E-state index contributed by atoms with van der Waals surface area (Å²) in [5.74, 6) is 0.207. The maximum absolute atomic E-state index is 13.2. The van der Waals surface area contributed by atoms with E-state index in [1.807, 2.05) is 19.9 Å². The Hall–Kier alpha value is -3.57. The monoisotopic (exact) mass is 525 g/mol. The van der Waals surface area contributed by atoms with E-state index in [0.29, 0.717) is 52.3 Å². The third-order valence-corrected chi connectivity index (χ3v) is 7.47. The van der Waals surface area contributed by atoms with E-state index in [0.717, 1.165) is 23.5 Å². The first-order valence-electron chi connectivity index (χ1n) is 11.4. The second-order valence-corrected chi connectivity index (χ2v) is 9.95. The summed E-state index contributed by atoms with van der Waals surface area (Å²) in [4.78, 5) is 32.3. The Kier molecular flexibility index (Phi) is 6.59. The predicted octanol–water partition coefficient (Wildman–Crippen LogP) is 4.13. The molecule has 4 heterocycles. The van der Waals surface area contributed by atoms with Gasteiger partial charge in [0, 0.05) is 35.5 Å². The second-order valence-electron chi connectivity index (χ2n) is 8.63. The van der Waals surface area contributed by atoms with E-state index in [1.54, 1.807) is 33.0 Å². The lowest BCUT2D eigenvalue weighted by Gasteiger charge is -2.31. The molecule has 5 rings (SSSR count). The molecule has 1 N–H and O–H groups in total. The Morgan fingerprint density at radius 1 is 1.17 bits per heavy atom. The van der Waals surface area contributed by atoms with Crippen molar-refractivity contribution in [3.05, 3.63) is 62.5 Å². The minimum Gasteiger partial charge on any atom is -0.495 e. The summed E-state index contributed by atoms with van der Waals surface area (Å²) in [7, 11) is 1.53. The number of rotatable bonds is 5. The van der Waals surface area contributed by atoms with Crippen LogP contribution >= 0.6 is 22.9 Å². The van der Waals surface area contributed by atoms with E-state index < -0.39 is 0 Å². The first-order valence-corrected chi connectivity index (χ1v) is 12.7. The molecule has 0 unspecified atom stereocenters. The van der Waals surface area contributed by atoms with E-state index in [9.17, 15) is 9.59 Å². The molecule has 12 heteroatoms. The molecule has 0 radical (unpaired) electrons. The average molecular weight is 526 g/mol. The Labute approximate surface area is 216 Å². The normalized spacial score (nSPS) is 14.3. The topological polar surface area (TPSA) is 115 Å². The molecule has 10 nitrogen and oxygen atoms in total. The number of likely N-dealkylation sites (tertiary alicyclic amines) is 1. The number of carbonyl (C=O) groups excluding carboxylic acids is 2. The summed E-state index contributed by atoms with van der Waals surface area (Å²) in [6.07, 6.45) is 1.50. The van der Waals surface area contributed by atoms with Gasteiger partial charge in [0.15, 0.2) is 11.3 Å². The SMILES string of the molecule is COc1ccc(Cl)cc1NC(=O)c1csc(C2CCN(C(=O)c3nnc4cc(C)nn4c3C)CC2)n1. The largest absolute Gasteiger partial charge is 0.495 e. The fourth-order valence-electron chi connectivity index (χ4n) is 4.30. The smallest absolute Gasteiger partial charge is 0.276 e. The summed E-state index contributed by atoms with van der Waals surface area (Å²) in [5.41, 5.74) is 3.25. The number of hydrogen-bond acceptors (Lipinski definition) is 8. The number of carbonyl (C=O) groups is 2. The molecule has 2 amide bonds. The van der Waals surface area contributed by atoms with Gasteiger partial charge in [-0.1, -0.05) is 11.6 Å². The van der Waals surface area contributed by atoms with Crippen LogP contribution in [0.4, 0.5) is 5.69 Å². The summed E-state index contributed by atoms with van der Waals surface area (Å²) in [6.45, 7) is 4.85. The second kappa shape index (κ2) is 9.82. The minimum absolute atomic E-state index is 0.150. The molecule has 186 valence electrons. The zero-order valence-corrected chi connectivity index (χ0v) is 21.6. The Bertz CT molecular complexity index is 1460. The molecule has 4 aromatic rings. The minimum atomic E-state index is -0.330. The number of aryl methyl sites for hydroxylation is 2. The summed E-state index contributed by atoms with van der Waals surface area (Å²) in [5, 5.41) is 18.7. The lowest BCUT2D eigenvalue weighted by Crippen LogP contribution is -2.39. The number of hydrogen-bond donors (Lipinski definition) is 1. The molecule has 1 aliphatic rings. The van der Waals surface area contributed by atoms with Gasteiger partial charge in [0.1, 0.15) is 11.4 Å². The van der Waals surface area contributed by atoms with E-state index in [-0.39, 0.29) is 17.7 Å². The number of ether oxygens (including phenoxy) is 1. The highest BCUT2D eigenvalue weighted by atomic mass is 35.5. The van der Waals surface area contributed by atoms with Crippen LogP contribution in [0.5, 0.6) is 5.75 Å². The van der Waals surface area contributed by atoms with Crippen molar-refractivity contribution in [3.8, 4) is 5.75 Å².